The van der Waals surface area contributed by atoms with Gasteiger partial charge in [0.05, 0.1) is 18.0 Å². The number of nitrogens with zero attached hydrogens (tertiary/aromatic N) is 4. The minimum atomic E-state index is -0.0728. The van der Waals surface area contributed by atoms with Crippen molar-refractivity contribution in [2.24, 2.45) is 0 Å². The van der Waals surface area contributed by atoms with Crippen molar-refractivity contribution in [3.8, 4) is 6.07 Å². The molecule has 0 atom stereocenters. The van der Waals surface area contributed by atoms with Gasteiger partial charge in [0.2, 0.25) is 0 Å². The number of nitriles is 1. The van der Waals surface area contributed by atoms with Crippen LogP contribution in [0.15, 0.2) is 17.1 Å². The highest BCUT2D eigenvalue weighted by molar-refractivity contribution is 5.42. The van der Waals surface area contributed by atoms with Crippen LogP contribution in [0.4, 0.5) is 5.69 Å². The Morgan fingerprint density at radius 2 is 2.11 bits per heavy atom. The molecule has 0 amide bonds. The molecule has 0 aliphatic rings. The van der Waals surface area contributed by atoms with Crippen molar-refractivity contribution in [2.75, 3.05) is 18.0 Å². The monoisotopic (exact) mass is 248 g/mol. The molecule has 1 heterocycles. The van der Waals surface area contributed by atoms with E-state index < -0.39 is 0 Å². The molecule has 0 radical (unpaired) electrons. The lowest BCUT2D eigenvalue weighted by molar-refractivity contribution is 0.534. The van der Waals surface area contributed by atoms with E-state index in [-0.39, 0.29) is 5.56 Å². The molecular weight excluding hydrogens is 228 g/mol. The number of aromatic nitrogens is 2. The summed E-state index contributed by atoms with van der Waals surface area (Å²) in [5, 5.41) is 12.6. The maximum Gasteiger partial charge on any atom is 0.268 e. The summed E-state index contributed by atoms with van der Waals surface area (Å²) in [6.07, 6.45) is 3.89. The smallest absolute Gasteiger partial charge is 0.268 e. The number of unbranched alkanes of at least 4 members (excludes halogenated alkanes) is 2. The van der Waals surface area contributed by atoms with Crippen molar-refractivity contribution < 1.29 is 0 Å². The van der Waals surface area contributed by atoms with Crippen LogP contribution in [-0.4, -0.2) is 22.9 Å². The molecule has 5 heteroatoms. The molecule has 0 aromatic carbocycles. The van der Waals surface area contributed by atoms with Crippen molar-refractivity contribution >= 4 is 5.69 Å². The zero-order valence-corrected chi connectivity index (χ0v) is 11.1. The minimum Gasteiger partial charge on any atom is -0.371 e. The van der Waals surface area contributed by atoms with E-state index in [1.54, 1.807) is 12.3 Å². The molecule has 0 spiro atoms. The van der Waals surface area contributed by atoms with Gasteiger partial charge in [0.1, 0.15) is 0 Å². The SMILES string of the molecule is CCN(CC)c1cnn(CCCCC#N)c(=O)c1. The molecule has 0 N–H and O–H groups in total. The molecule has 1 rings (SSSR count). The lowest BCUT2D eigenvalue weighted by Gasteiger charge is -2.20. The normalized spacial score (nSPS) is 10.1. The predicted octanol–water partition coefficient (Wildman–Crippen LogP) is 1.78. The topological polar surface area (TPSA) is 61.9 Å². The van der Waals surface area contributed by atoms with Crippen LogP contribution < -0.4 is 10.5 Å². The zero-order chi connectivity index (χ0) is 13.4. The largest absolute Gasteiger partial charge is 0.371 e. The van der Waals surface area contributed by atoms with Crippen molar-refractivity contribution in [1.29, 1.82) is 5.26 Å². The summed E-state index contributed by atoms with van der Waals surface area (Å²) in [5.41, 5.74) is 0.801. The highest BCUT2D eigenvalue weighted by atomic mass is 16.1. The molecule has 1 aromatic heterocycles. The Morgan fingerprint density at radius 1 is 1.39 bits per heavy atom. The summed E-state index contributed by atoms with van der Waals surface area (Å²) in [4.78, 5) is 13.9. The van der Waals surface area contributed by atoms with Gasteiger partial charge in [-0.1, -0.05) is 0 Å². The summed E-state index contributed by atoms with van der Waals surface area (Å²) < 4.78 is 1.46. The van der Waals surface area contributed by atoms with Gasteiger partial charge in [0.15, 0.2) is 0 Å². The molecule has 1 aromatic rings. The molecular formula is C13H20N4O. The van der Waals surface area contributed by atoms with Crippen LogP contribution in [0.5, 0.6) is 0 Å². The van der Waals surface area contributed by atoms with Gasteiger partial charge in [-0.2, -0.15) is 10.4 Å². The Morgan fingerprint density at radius 3 is 2.67 bits per heavy atom. The average Bonchev–Trinajstić information content (AvgIpc) is 2.38. The third-order valence-electron chi connectivity index (χ3n) is 2.89. The second-order valence-electron chi connectivity index (χ2n) is 4.06. The van der Waals surface area contributed by atoms with Crippen LogP contribution in [0.3, 0.4) is 0 Å². The fraction of sp³-hybridized carbons (Fsp3) is 0.615. The zero-order valence-electron chi connectivity index (χ0n) is 11.1. The Hall–Kier alpha value is -1.83. The molecule has 0 fully saturated rings. The van der Waals surface area contributed by atoms with Crippen molar-refractivity contribution in [3.05, 3.63) is 22.6 Å². The van der Waals surface area contributed by atoms with Crippen LogP contribution in [0.2, 0.25) is 0 Å². The first-order valence-electron chi connectivity index (χ1n) is 6.42. The van der Waals surface area contributed by atoms with Crippen LogP contribution >= 0.6 is 0 Å². The molecule has 98 valence electrons. The van der Waals surface area contributed by atoms with E-state index in [1.165, 1.54) is 4.68 Å². The van der Waals surface area contributed by atoms with E-state index in [1.807, 2.05) is 0 Å². The van der Waals surface area contributed by atoms with Crippen LogP contribution in [0, 0.1) is 11.3 Å². The van der Waals surface area contributed by atoms with Gasteiger partial charge in [-0.15, -0.1) is 0 Å². The maximum absolute atomic E-state index is 11.8. The molecule has 0 aliphatic carbocycles. The molecule has 5 nitrogen and oxygen atoms in total. The number of hydrogen-bond donors (Lipinski definition) is 0. The van der Waals surface area contributed by atoms with Crippen LogP contribution in [0.25, 0.3) is 0 Å². The highest BCUT2D eigenvalue weighted by Gasteiger charge is 2.05. The quantitative estimate of drug-likeness (QED) is 0.690. The maximum atomic E-state index is 11.8. The van der Waals surface area contributed by atoms with Gasteiger partial charge >= 0.3 is 0 Å². The summed E-state index contributed by atoms with van der Waals surface area (Å²) in [6, 6.07) is 3.72. The predicted molar refractivity (Wildman–Crippen MR) is 71.5 cm³/mol. The average molecular weight is 248 g/mol. The van der Waals surface area contributed by atoms with Gasteiger partial charge in [0.25, 0.3) is 5.56 Å². The Balaban J connectivity index is 2.68. The highest BCUT2D eigenvalue weighted by Crippen LogP contribution is 2.08. The molecule has 0 bridgehead atoms. The Labute approximate surface area is 108 Å². The van der Waals surface area contributed by atoms with E-state index in [9.17, 15) is 4.79 Å². The second kappa shape index (κ2) is 7.49. The fourth-order valence-electron chi connectivity index (χ4n) is 1.82. The lowest BCUT2D eigenvalue weighted by Crippen LogP contribution is -2.27. The van der Waals surface area contributed by atoms with E-state index in [4.69, 9.17) is 5.26 Å². The first-order chi connectivity index (χ1) is 8.72. The minimum absolute atomic E-state index is 0.0728. The van der Waals surface area contributed by atoms with Crippen molar-refractivity contribution in [3.63, 3.8) is 0 Å². The van der Waals surface area contributed by atoms with Gasteiger partial charge in [-0.25, -0.2) is 4.68 Å². The summed E-state index contributed by atoms with van der Waals surface area (Å²) >= 11 is 0. The first-order valence-corrected chi connectivity index (χ1v) is 6.42. The van der Waals surface area contributed by atoms with E-state index in [2.05, 4.69) is 29.9 Å². The lowest BCUT2D eigenvalue weighted by atomic mass is 10.2. The van der Waals surface area contributed by atoms with Crippen LogP contribution in [-0.2, 0) is 6.54 Å². The van der Waals surface area contributed by atoms with Gasteiger partial charge in [-0.05, 0) is 26.7 Å². The third-order valence-corrected chi connectivity index (χ3v) is 2.89. The summed E-state index contributed by atoms with van der Waals surface area (Å²) in [5.74, 6) is 0. The van der Waals surface area contributed by atoms with Crippen molar-refractivity contribution in [1.82, 2.24) is 9.78 Å². The van der Waals surface area contributed by atoms with Gasteiger partial charge in [0, 0.05) is 32.1 Å². The molecule has 0 aliphatic heterocycles. The number of hydrogen-bond acceptors (Lipinski definition) is 4. The van der Waals surface area contributed by atoms with Gasteiger partial charge < -0.3 is 4.90 Å². The van der Waals surface area contributed by atoms with Crippen LogP contribution in [0.1, 0.15) is 33.1 Å². The summed E-state index contributed by atoms with van der Waals surface area (Å²) in [7, 11) is 0. The second-order valence-corrected chi connectivity index (χ2v) is 4.06. The molecule has 0 saturated heterocycles. The Bertz CT molecular complexity index is 457. The van der Waals surface area contributed by atoms with E-state index >= 15 is 0 Å². The van der Waals surface area contributed by atoms with E-state index in [0.717, 1.165) is 31.6 Å². The van der Waals surface area contributed by atoms with Crippen molar-refractivity contribution in [2.45, 2.75) is 39.7 Å². The fourth-order valence-corrected chi connectivity index (χ4v) is 1.82. The van der Waals surface area contributed by atoms with Gasteiger partial charge in [-0.3, -0.25) is 4.79 Å². The Kier molecular flexibility index (Phi) is 5.92. The molecule has 18 heavy (non-hydrogen) atoms. The number of aryl methyl sites for hydroxylation is 1. The third kappa shape index (κ3) is 3.88. The standard InChI is InChI=1S/C13H20N4O/c1-3-16(4-2)12-10-13(18)17(15-11-12)9-7-5-6-8-14/h10-11H,3-7,9H2,1-2H3. The first kappa shape index (κ1) is 14.2. The molecule has 0 unspecified atom stereocenters. The van der Waals surface area contributed by atoms with E-state index in [0.29, 0.717) is 13.0 Å². The summed E-state index contributed by atoms with van der Waals surface area (Å²) in [6.45, 7) is 6.42. The number of anilines is 1. The number of rotatable bonds is 7. The molecule has 0 saturated carbocycles.